The molecule has 8 nitrogen and oxygen atoms in total. The zero-order chi connectivity index (χ0) is 22.8. The van der Waals surface area contributed by atoms with E-state index in [9.17, 15) is 19.2 Å². The van der Waals surface area contributed by atoms with E-state index in [1.807, 2.05) is 0 Å². The van der Waals surface area contributed by atoms with Crippen LogP contribution < -0.4 is 16.1 Å². The van der Waals surface area contributed by atoms with Gasteiger partial charge in [-0.05, 0) is 48.2 Å². The molecule has 32 heavy (non-hydrogen) atoms. The van der Waals surface area contributed by atoms with Gasteiger partial charge in [0.15, 0.2) is 0 Å². The molecule has 0 unspecified atom stereocenters. The lowest BCUT2D eigenvalue weighted by atomic mass is 10.0. The van der Waals surface area contributed by atoms with E-state index >= 15 is 0 Å². The quantitative estimate of drug-likeness (QED) is 0.496. The number of aromatic nitrogens is 1. The number of carbonyl (C=O) groups is 3. The number of nitrogens with zero attached hydrogens (tertiary/aromatic N) is 1. The third kappa shape index (κ3) is 4.28. The molecule has 4 rings (SSSR count). The van der Waals surface area contributed by atoms with Gasteiger partial charge >= 0.3 is 0 Å². The minimum atomic E-state index is -0.630. The van der Waals surface area contributed by atoms with Crippen LogP contribution in [0, 0.1) is 0 Å². The highest BCUT2D eigenvalue weighted by atomic mass is 35.5. The van der Waals surface area contributed by atoms with Crippen LogP contribution in [-0.4, -0.2) is 34.0 Å². The molecular formula is C23H20ClN3O5. The average molecular weight is 454 g/mol. The van der Waals surface area contributed by atoms with E-state index in [4.69, 9.17) is 16.7 Å². The number of nitrogens with one attached hydrogen (secondary N) is 2. The maximum Gasteiger partial charge on any atom is 0.257 e. The molecule has 0 fully saturated rings. The molecule has 2 amide bonds. The second kappa shape index (κ2) is 8.94. The minimum Gasteiger partial charge on any atom is -0.396 e. The molecule has 2 heterocycles. The minimum absolute atomic E-state index is 0.0322. The first-order chi connectivity index (χ1) is 15.4. The molecular weight excluding hydrogens is 434 g/mol. The number of pyridine rings is 1. The van der Waals surface area contributed by atoms with Crippen molar-refractivity contribution in [3.63, 3.8) is 0 Å². The Bertz CT molecular complexity index is 1300. The summed E-state index contributed by atoms with van der Waals surface area (Å²) in [6, 6.07) is 10.2. The zero-order valence-corrected chi connectivity index (χ0v) is 17.7. The molecule has 0 radical (unpaired) electrons. The molecule has 0 aliphatic carbocycles. The molecule has 0 atom stereocenters. The fourth-order valence-electron chi connectivity index (χ4n) is 3.70. The molecule has 1 aliphatic heterocycles. The lowest BCUT2D eigenvalue weighted by Gasteiger charge is -2.14. The van der Waals surface area contributed by atoms with Gasteiger partial charge in [0.05, 0.1) is 11.2 Å². The van der Waals surface area contributed by atoms with Crippen molar-refractivity contribution in [3.8, 4) is 0 Å². The Morgan fingerprint density at radius 1 is 1.12 bits per heavy atom. The van der Waals surface area contributed by atoms with E-state index in [1.54, 1.807) is 36.4 Å². The van der Waals surface area contributed by atoms with Crippen molar-refractivity contribution in [3.05, 3.63) is 74.5 Å². The smallest absolute Gasteiger partial charge is 0.257 e. The van der Waals surface area contributed by atoms with Crippen molar-refractivity contribution in [2.45, 2.75) is 25.8 Å². The number of aryl methyl sites for hydroxylation is 1. The molecule has 0 saturated carbocycles. The number of carbonyl (C=O) groups excluding carboxylic acids is 3. The van der Waals surface area contributed by atoms with Crippen LogP contribution in [0.3, 0.4) is 0 Å². The van der Waals surface area contributed by atoms with Crippen LogP contribution in [-0.2, 0) is 17.8 Å². The largest absolute Gasteiger partial charge is 0.396 e. The first-order valence-corrected chi connectivity index (χ1v) is 10.4. The standard InChI is InChI=1S/C23H20ClN3O5/c24-15-5-3-13(4-6-15)11-25-23(32)17-12-27-20(30)10-19(29)26-18-9-14(2-1-7-28)8-16(21(18)27)22(17)31/h3-6,8-9,12,28H,1-2,7,10-11H2,(H,25,32)(H,26,29). The number of amides is 2. The number of rotatable bonds is 6. The van der Waals surface area contributed by atoms with Crippen molar-refractivity contribution >= 4 is 45.9 Å². The summed E-state index contributed by atoms with van der Waals surface area (Å²) >= 11 is 5.87. The number of anilines is 1. The maximum absolute atomic E-state index is 13.2. The molecule has 0 saturated heterocycles. The van der Waals surface area contributed by atoms with Gasteiger partial charge in [0.2, 0.25) is 17.2 Å². The molecule has 1 aliphatic rings. The Labute approximate surface area is 187 Å². The number of hydrogen-bond acceptors (Lipinski definition) is 5. The SMILES string of the molecule is O=C1CC(=O)n2cc(C(=O)NCc3ccc(Cl)cc3)c(=O)c3cc(CCCO)cc(c32)N1. The van der Waals surface area contributed by atoms with Crippen molar-refractivity contribution in [1.29, 1.82) is 0 Å². The van der Waals surface area contributed by atoms with Crippen LogP contribution in [0.15, 0.2) is 47.4 Å². The number of halogens is 1. The Hall–Kier alpha value is -3.49. The normalized spacial score (nSPS) is 13.1. The number of benzene rings is 2. The average Bonchev–Trinajstić information content (AvgIpc) is 2.89. The summed E-state index contributed by atoms with van der Waals surface area (Å²) in [6.45, 7) is 0.138. The molecule has 2 aromatic carbocycles. The fraction of sp³-hybridized carbons (Fsp3) is 0.217. The van der Waals surface area contributed by atoms with Crippen LogP contribution >= 0.6 is 11.6 Å². The van der Waals surface area contributed by atoms with E-state index < -0.39 is 29.6 Å². The van der Waals surface area contributed by atoms with Gasteiger partial charge in [-0.2, -0.15) is 0 Å². The predicted molar refractivity (Wildman–Crippen MR) is 120 cm³/mol. The Kier molecular flexibility index (Phi) is 6.07. The third-order valence-electron chi connectivity index (χ3n) is 5.25. The van der Waals surface area contributed by atoms with Gasteiger partial charge in [-0.25, -0.2) is 0 Å². The van der Waals surface area contributed by atoms with Crippen molar-refractivity contribution in [1.82, 2.24) is 9.88 Å². The number of hydrogen-bond donors (Lipinski definition) is 3. The Morgan fingerprint density at radius 3 is 2.59 bits per heavy atom. The Morgan fingerprint density at radius 2 is 1.88 bits per heavy atom. The lowest BCUT2D eigenvalue weighted by Crippen LogP contribution is -2.30. The predicted octanol–water partition coefficient (Wildman–Crippen LogP) is 2.49. The summed E-state index contributed by atoms with van der Waals surface area (Å²) in [5, 5.41) is 15.2. The summed E-state index contributed by atoms with van der Waals surface area (Å²) in [6.07, 6.45) is 1.72. The molecule has 0 spiro atoms. The zero-order valence-electron chi connectivity index (χ0n) is 17.0. The van der Waals surface area contributed by atoms with Crippen LogP contribution in [0.2, 0.25) is 5.02 Å². The molecule has 0 bridgehead atoms. The lowest BCUT2D eigenvalue weighted by molar-refractivity contribution is -0.115. The van der Waals surface area contributed by atoms with Gasteiger partial charge in [-0.3, -0.25) is 23.7 Å². The first-order valence-electron chi connectivity index (χ1n) is 10.1. The van der Waals surface area contributed by atoms with Gasteiger partial charge in [0, 0.05) is 29.8 Å². The van der Waals surface area contributed by atoms with Crippen molar-refractivity contribution in [2.24, 2.45) is 0 Å². The van der Waals surface area contributed by atoms with Crippen molar-refractivity contribution < 1.29 is 19.5 Å². The second-order valence-corrected chi connectivity index (χ2v) is 7.97. The maximum atomic E-state index is 13.2. The monoisotopic (exact) mass is 453 g/mol. The number of aliphatic hydroxyl groups is 1. The second-order valence-electron chi connectivity index (χ2n) is 7.54. The van der Waals surface area contributed by atoms with Crippen LogP contribution in [0.4, 0.5) is 5.69 Å². The molecule has 3 aromatic rings. The summed E-state index contributed by atoms with van der Waals surface area (Å²) < 4.78 is 1.19. The molecule has 3 N–H and O–H groups in total. The van der Waals surface area contributed by atoms with Crippen molar-refractivity contribution in [2.75, 3.05) is 11.9 Å². The number of aliphatic hydroxyl groups excluding tert-OH is 1. The highest BCUT2D eigenvalue weighted by molar-refractivity contribution is 6.30. The topological polar surface area (TPSA) is 118 Å². The van der Waals surface area contributed by atoms with Crippen LogP contribution in [0.25, 0.3) is 10.9 Å². The summed E-state index contributed by atoms with van der Waals surface area (Å²) in [5.74, 6) is -1.67. The first kappa shape index (κ1) is 21.7. The van der Waals surface area contributed by atoms with E-state index in [2.05, 4.69) is 10.6 Å². The molecule has 1 aromatic heterocycles. The summed E-state index contributed by atoms with van der Waals surface area (Å²) in [4.78, 5) is 50.9. The molecule has 9 heteroatoms. The van der Waals surface area contributed by atoms with Gasteiger partial charge < -0.3 is 15.7 Å². The van der Waals surface area contributed by atoms with E-state index in [1.165, 1.54) is 10.8 Å². The molecule has 164 valence electrons. The van der Waals surface area contributed by atoms with Crippen LogP contribution in [0.1, 0.15) is 39.1 Å². The highest BCUT2D eigenvalue weighted by Gasteiger charge is 2.25. The Balaban J connectivity index is 1.79. The van der Waals surface area contributed by atoms with E-state index in [0.717, 1.165) is 5.56 Å². The highest BCUT2D eigenvalue weighted by Crippen LogP contribution is 2.27. The summed E-state index contributed by atoms with van der Waals surface area (Å²) in [5.41, 5.74) is 1.35. The fourth-order valence-corrected chi connectivity index (χ4v) is 3.83. The van der Waals surface area contributed by atoms with Gasteiger partial charge in [-0.1, -0.05) is 23.7 Å². The van der Waals surface area contributed by atoms with E-state index in [-0.39, 0.29) is 29.6 Å². The van der Waals surface area contributed by atoms with Gasteiger partial charge in [-0.15, -0.1) is 0 Å². The van der Waals surface area contributed by atoms with Gasteiger partial charge in [0.25, 0.3) is 5.91 Å². The third-order valence-corrected chi connectivity index (χ3v) is 5.50. The van der Waals surface area contributed by atoms with Gasteiger partial charge in [0.1, 0.15) is 12.0 Å². The van der Waals surface area contributed by atoms with E-state index in [0.29, 0.717) is 29.1 Å². The van der Waals surface area contributed by atoms with Crippen LogP contribution in [0.5, 0.6) is 0 Å². The summed E-state index contributed by atoms with van der Waals surface area (Å²) in [7, 11) is 0.